The van der Waals surface area contributed by atoms with Crippen LogP contribution in [-0.4, -0.2) is 55.2 Å². The smallest absolute Gasteiger partial charge is 0.332 e. The Morgan fingerprint density at radius 1 is 1.14 bits per heavy atom. The van der Waals surface area contributed by atoms with Gasteiger partial charge in [-0.1, -0.05) is 0 Å². The van der Waals surface area contributed by atoms with Crippen molar-refractivity contribution in [3.05, 3.63) is 27.2 Å². The molecule has 0 saturated heterocycles. The van der Waals surface area contributed by atoms with Gasteiger partial charge in [0.05, 0.1) is 31.3 Å². The van der Waals surface area contributed by atoms with Crippen molar-refractivity contribution in [3.63, 3.8) is 0 Å². The Kier molecular flexibility index (Phi) is 6.87. The highest BCUT2D eigenvalue weighted by Crippen LogP contribution is 2.06. The summed E-state index contributed by atoms with van der Waals surface area (Å²) in [5.41, 5.74) is -0.969. The molecule has 1 amide bonds. The molecular formula is C17H19N7O5. The van der Waals surface area contributed by atoms with Crippen molar-refractivity contribution in [1.82, 2.24) is 23.6 Å². The Bertz CT molecular complexity index is 1110. The van der Waals surface area contributed by atoms with E-state index >= 15 is 0 Å². The van der Waals surface area contributed by atoms with Gasteiger partial charge in [-0.2, -0.15) is 10.5 Å². The van der Waals surface area contributed by atoms with Crippen LogP contribution in [0.4, 0.5) is 0 Å². The van der Waals surface area contributed by atoms with Crippen molar-refractivity contribution in [1.29, 1.82) is 10.5 Å². The van der Waals surface area contributed by atoms with Crippen LogP contribution in [0.2, 0.25) is 0 Å². The molecule has 0 radical (unpaired) electrons. The lowest BCUT2D eigenvalue weighted by molar-refractivity contribution is -0.152. The average Bonchev–Trinajstić information content (AvgIpc) is 3.12. The summed E-state index contributed by atoms with van der Waals surface area (Å²) in [6.07, 6.45) is 1.42. The number of amides is 1. The zero-order valence-corrected chi connectivity index (χ0v) is 16.0. The van der Waals surface area contributed by atoms with E-state index in [9.17, 15) is 19.2 Å². The van der Waals surface area contributed by atoms with Crippen molar-refractivity contribution >= 4 is 23.0 Å². The van der Waals surface area contributed by atoms with E-state index in [2.05, 4.69) is 4.98 Å². The molecule has 0 fully saturated rings. The molecule has 152 valence electrons. The predicted octanol–water partition coefficient (Wildman–Crippen LogP) is -1.37. The van der Waals surface area contributed by atoms with Crippen LogP contribution in [0.5, 0.6) is 0 Å². The Labute approximate surface area is 164 Å². The van der Waals surface area contributed by atoms with Gasteiger partial charge in [0.25, 0.3) is 11.5 Å². The summed E-state index contributed by atoms with van der Waals surface area (Å²) in [4.78, 5) is 53.9. The van der Waals surface area contributed by atoms with Crippen LogP contribution in [0.25, 0.3) is 11.2 Å². The fourth-order valence-corrected chi connectivity index (χ4v) is 2.67. The molecule has 0 atom stereocenters. The van der Waals surface area contributed by atoms with Gasteiger partial charge in [0.15, 0.2) is 17.8 Å². The van der Waals surface area contributed by atoms with E-state index in [4.69, 9.17) is 15.3 Å². The number of aryl methyl sites for hydroxylation is 1. The van der Waals surface area contributed by atoms with Gasteiger partial charge in [0.1, 0.15) is 6.54 Å². The number of esters is 1. The number of carbonyl (C=O) groups excluding carboxylic acids is 2. The van der Waals surface area contributed by atoms with E-state index in [-0.39, 0.29) is 43.6 Å². The largest absolute Gasteiger partial charge is 0.454 e. The number of carbonyl (C=O) groups is 2. The van der Waals surface area contributed by atoms with Crippen LogP contribution >= 0.6 is 0 Å². The predicted molar refractivity (Wildman–Crippen MR) is 98.2 cm³/mol. The number of ether oxygens (including phenoxy) is 1. The molecule has 2 heterocycles. The average molecular weight is 401 g/mol. The fraction of sp³-hybridized carbons (Fsp3) is 0.471. The monoisotopic (exact) mass is 401 g/mol. The number of imidazole rings is 1. The second-order valence-corrected chi connectivity index (χ2v) is 6.11. The highest BCUT2D eigenvalue weighted by Gasteiger charge is 2.18. The van der Waals surface area contributed by atoms with Gasteiger partial charge in [0, 0.05) is 27.2 Å². The van der Waals surface area contributed by atoms with E-state index in [1.165, 1.54) is 34.5 Å². The third-order valence-corrected chi connectivity index (χ3v) is 4.21. The lowest BCUT2D eigenvalue weighted by Crippen LogP contribution is -2.38. The minimum absolute atomic E-state index is 0.0579. The van der Waals surface area contributed by atoms with Gasteiger partial charge < -0.3 is 14.2 Å². The van der Waals surface area contributed by atoms with Gasteiger partial charge in [-0.05, 0) is 0 Å². The van der Waals surface area contributed by atoms with Crippen molar-refractivity contribution in [2.45, 2.75) is 19.4 Å². The zero-order valence-electron chi connectivity index (χ0n) is 16.0. The molecule has 2 aromatic heterocycles. The highest BCUT2D eigenvalue weighted by atomic mass is 16.5. The normalized spacial score (nSPS) is 10.3. The summed E-state index contributed by atoms with van der Waals surface area (Å²) in [6, 6.07) is 3.82. The number of fused-ring (bicyclic) bond motifs is 1. The minimum Gasteiger partial charge on any atom is -0.454 e. The lowest BCUT2D eigenvalue weighted by atomic mass is 10.3. The number of aromatic nitrogens is 4. The van der Waals surface area contributed by atoms with Crippen LogP contribution in [0.1, 0.15) is 12.8 Å². The Morgan fingerprint density at radius 3 is 2.34 bits per heavy atom. The van der Waals surface area contributed by atoms with Gasteiger partial charge in [-0.3, -0.25) is 23.5 Å². The molecule has 0 aliphatic heterocycles. The SMILES string of the molecule is Cn1c(=O)c2c(ncn2CC(=O)OCC(=O)N(CCC#N)CCC#N)n(C)c1=O. The van der Waals surface area contributed by atoms with Crippen molar-refractivity contribution in [2.24, 2.45) is 14.1 Å². The van der Waals surface area contributed by atoms with Crippen LogP contribution in [-0.2, 0) is 35.0 Å². The van der Waals surface area contributed by atoms with Crippen LogP contribution in [0.15, 0.2) is 15.9 Å². The first-order valence-corrected chi connectivity index (χ1v) is 8.60. The second kappa shape index (κ2) is 9.32. The Hall–Kier alpha value is -3.93. The van der Waals surface area contributed by atoms with Gasteiger partial charge in [-0.15, -0.1) is 0 Å². The first kappa shape index (κ1) is 21.4. The summed E-state index contributed by atoms with van der Waals surface area (Å²) in [7, 11) is 2.77. The first-order chi connectivity index (χ1) is 13.8. The summed E-state index contributed by atoms with van der Waals surface area (Å²) in [6.45, 7) is -0.679. The molecule has 0 aliphatic carbocycles. The number of nitrogens with zero attached hydrogens (tertiary/aromatic N) is 7. The van der Waals surface area contributed by atoms with E-state index in [1.54, 1.807) is 0 Å². The Balaban J connectivity index is 2.09. The maximum atomic E-state index is 12.3. The number of nitriles is 2. The maximum absolute atomic E-state index is 12.3. The second-order valence-electron chi connectivity index (χ2n) is 6.11. The number of hydrogen-bond donors (Lipinski definition) is 0. The molecule has 2 rings (SSSR count). The van der Waals surface area contributed by atoms with Crippen LogP contribution in [0, 0.1) is 22.7 Å². The number of hydrogen-bond acceptors (Lipinski definition) is 8. The van der Waals surface area contributed by atoms with E-state index in [0.717, 1.165) is 4.57 Å². The summed E-state index contributed by atoms with van der Waals surface area (Å²) in [5.74, 6) is -1.31. The third-order valence-electron chi connectivity index (χ3n) is 4.21. The topological polar surface area (TPSA) is 156 Å². The molecule has 0 spiro atoms. The molecular weight excluding hydrogens is 382 g/mol. The molecule has 0 unspecified atom stereocenters. The minimum atomic E-state index is -0.783. The lowest BCUT2D eigenvalue weighted by Gasteiger charge is -2.20. The van der Waals surface area contributed by atoms with Crippen LogP contribution < -0.4 is 11.2 Å². The van der Waals surface area contributed by atoms with Gasteiger partial charge in [0.2, 0.25) is 0 Å². The van der Waals surface area contributed by atoms with Gasteiger partial charge in [-0.25, -0.2) is 9.78 Å². The van der Waals surface area contributed by atoms with E-state index in [0.29, 0.717) is 0 Å². The molecule has 0 aliphatic rings. The molecule has 12 nitrogen and oxygen atoms in total. The Morgan fingerprint density at radius 2 is 1.76 bits per heavy atom. The first-order valence-electron chi connectivity index (χ1n) is 8.60. The maximum Gasteiger partial charge on any atom is 0.332 e. The highest BCUT2D eigenvalue weighted by molar-refractivity contribution is 5.81. The van der Waals surface area contributed by atoms with Crippen molar-refractivity contribution < 1.29 is 14.3 Å². The molecule has 0 N–H and O–H groups in total. The fourth-order valence-electron chi connectivity index (χ4n) is 2.67. The quantitative estimate of drug-likeness (QED) is 0.491. The third kappa shape index (κ3) is 4.68. The summed E-state index contributed by atoms with van der Waals surface area (Å²) >= 11 is 0. The zero-order chi connectivity index (χ0) is 21.6. The van der Waals surface area contributed by atoms with E-state index in [1.807, 2.05) is 12.1 Å². The molecule has 0 saturated carbocycles. The molecule has 0 aromatic carbocycles. The van der Waals surface area contributed by atoms with Crippen LogP contribution in [0.3, 0.4) is 0 Å². The molecule has 2 aromatic rings. The molecule has 0 bridgehead atoms. The molecule has 29 heavy (non-hydrogen) atoms. The summed E-state index contributed by atoms with van der Waals surface area (Å²) < 4.78 is 8.30. The van der Waals surface area contributed by atoms with E-state index < -0.39 is 29.7 Å². The van der Waals surface area contributed by atoms with Crippen molar-refractivity contribution in [2.75, 3.05) is 19.7 Å². The number of rotatable bonds is 8. The summed E-state index contributed by atoms with van der Waals surface area (Å²) in [5, 5.41) is 17.3. The standard InChI is InChI=1S/C17H19N7O5/c1-21-15-14(16(27)22(2)17(21)28)24(11-20-15)9-13(26)29-10-12(25)23(7-3-5-18)8-4-6-19/h11H,3-4,7-10H2,1-2H3. The van der Waals surface area contributed by atoms with Gasteiger partial charge >= 0.3 is 11.7 Å². The van der Waals surface area contributed by atoms with Crippen molar-refractivity contribution in [3.8, 4) is 12.1 Å². The molecule has 12 heteroatoms.